The fourth-order valence-electron chi connectivity index (χ4n) is 3.82. The summed E-state index contributed by atoms with van der Waals surface area (Å²) in [5.41, 5.74) is 0.490. The maximum absolute atomic E-state index is 13.1. The van der Waals surface area contributed by atoms with E-state index in [1.165, 1.54) is 30.1 Å². The molecule has 0 aromatic heterocycles. The zero-order valence-electron chi connectivity index (χ0n) is 19.8. The quantitative estimate of drug-likeness (QED) is 0.648. The Kier molecular flexibility index (Phi) is 8.50. The van der Waals surface area contributed by atoms with Crippen LogP contribution in [0.25, 0.3) is 0 Å². The van der Waals surface area contributed by atoms with E-state index >= 15 is 0 Å². The predicted molar refractivity (Wildman–Crippen MR) is 126 cm³/mol. The van der Waals surface area contributed by atoms with Crippen LogP contribution in [-0.4, -0.2) is 78.7 Å². The highest BCUT2D eigenvalue weighted by Crippen LogP contribution is 2.34. The second-order valence-electron chi connectivity index (χ2n) is 8.46. The van der Waals surface area contributed by atoms with Gasteiger partial charge in [-0.05, 0) is 36.2 Å². The Morgan fingerprint density at radius 1 is 0.971 bits per heavy atom. The first-order chi connectivity index (χ1) is 16.6. The number of hydrogen-bond donors (Lipinski definition) is 1. The van der Waals surface area contributed by atoms with Crippen molar-refractivity contribution in [1.82, 2.24) is 14.7 Å². The molecule has 0 saturated carbocycles. The van der Waals surface area contributed by atoms with Crippen molar-refractivity contribution in [2.75, 3.05) is 51.6 Å². The number of aryl methyl sites for hydroxylation is 1. The Bertz CT molecular complexity index is 1050. The van der Waals surface area contributed by atoms with Crippen LogP contribution in [0.15, 0.2) is 48.5 Å². The van der Waals surface area contributed by atoms with E-state index in [1.54, 1.807) is 4.90 Å². The maximum Gasteiger partial charge on any atom is 0.418 e. The molecule has 7 nitrogen and oxygen atoms in total. The van der Waals surface area contributed by atoms with Gasteiger partial charge in [-0.25, -0.2) is 0 Å². The van der Waals surface area contributed by atoms with E-state index in [4.69, 9.17) is 0 Å². The van der Waals surface area contributed by atoms with E-state index in [-0.39, 0.29) is 30.6 Å². The van der Waals surface area contributed by atoms with Gasteiger partial charge in [-0.1, -0.05) is 31.2 Å². The number of nitrogens with zero attached hydrogens (tertiary/aromatic N) is 3. The number of benzene rings is 2. The van der Waals surface area contributed by atoms with E-state index in [0.717, 1.165) is 18.1 Å². The molecule has 1 aliphatic heterocycles. The first kappa shape index (κ1) is 26.2. The number of amides is 3. The lowest BCUT2D eigenvalue weighted by atomic mass is 10.1. The van der Waals surface area contributed by atoms with Crippen molar-refractivity contribution in [3.05, 3.63) is 65.2 Å². The van der Waals surface area contributed by atoms with E-state index in [1.807, 2.05) is 36.1 Å². The van der Waals surface area contributed by atoms with Crippen molar-refractivity contribution in [3.8, 4) is 0 Å². The third kappa shape index (κ3) is 7.05. The minimum Gasteiger partial charge on any atom is -0.336 e. The summed E-state index contributed by atoms with van der Waals surface area (Å²) >= 11 is 0. The largest absolute Gasteiger partial charge is 0.418 e. The number of hydrogen-bond acceptors (Lipinski definition) is 4. The second kappa shape index (κ2) is 11.4. The Morgan fingerprint density at radius 3 is 2.20 bits per heavy atom. The monoisotopic (exact) mass is 490 g/mol. The van der Waals surface area contributed by atoms with Crippen molar-refractivity contribution in [2.45, 2.75) is 19.5 Å². The van der Waals surface area contributed by atoms with E-state index in [0.29, 0.717) is 31.7 Å². The smallest absolute Gasteiger partial charge is 0.336 e. The van der Waals surface area contributed by atoms with Crippen LogP contribution in [0.1, 0.15) is 28.4 Å². The molecule has 0 bridgehead atoms. The molecule has 2 aromatic carbocycles. The summed E-state index contributed by atoms with van der Waals surface area (Å²) in [6.45, 7) is 3.68. The fraction of sp³-hybridized carbons (Fsp3) is 0.400. The normalized spacial score (nSPS) is 14.5. The summed E-state index contributed by atoms with van der Waals surface area (Å²) in [6, 6.07) is 12.2. The summed E-state index contributed by atoms with van der Waals surface area (Å²) in [4.78, 5) is 42.4. The molecule has 1 fully saturated rings. The number of rotatable bonds is 7. The number of piperazine rings is 1. The number of halogens is 3. The highest BCUT2D eigenvalue weighted by molar-refractivity contribution is 5.95. The molecular formula is C25H29F3N4O3. The number of alkyl halides is 3. The lowest BCUT2D eigenvalue weighted by Crippen LogP contribution is -2.51. The topological polar surface area (TPSA) is 73.0 Å². The molecule has 1 N–H and O–H groups in total. The van der Waals surface area contributed by atoms with E-state index in [2.05, 4.69) is 5.32 Å². The van der Waals surface area contributed by atoms with Crippen LogP contribution in [0, 0.1) is 0 Å². The first-order valence-electron chi connectivity index (χ1n) is 11.4. The highest BCUT2D eigenvalue weighted by atomic mass is 19.4. The van der Waals surface area contributed by atoms with Crippen molar-refractivity contribution >= 4 is 23.4 Å². The van der Waals surface area contributed by atoms with Crippen LogP contribution < -0.4 is 5.32 Å². The van der Waals surface area contributed by atoms with Crippen LogP contribution in [0.4, 0.5) is 18.9 Å². The summed E-state index contributed by atoms with van der Waals surface area (Å²) in [5.74, 6) is -1.10. The molecule has 0 unspecified atom stereocenters. The lowest BCUT2D eigenvalue weighted by Gasteiger charge is -2.35. The van der Waals surface area contributed by atoms with Gasteiger partial charge in [0, 0.05) is 38.8 Å². The molecule has 0 atom stereocenters. The maximum atomic E-state index is 13.1. The number of nitrogens with one attached hydrogen (secondary N) is 1. The van der Waals surface area contributed by atoms with Crippen molar-refractivity contribution in [2.24, 2.45) is 0 Å². The molecule has 3 rings (SSSR count). The minimum absolute atomic E-state index is 0.0495. The summed E-state index contributed by atoms with van der Waals surface area (Å²) in [6.07, 6.45) is -3.70. The van der Waals surface area contributed by atoms with Gasteiger partial charge in [0.15, 0.2) is 0 Å². The van der Waals surface area contributed by atoms with Crippen molar-refractivity contribution < 1.29 is 27.6 Å². The van der Waals surface area contributed by atoms with E-state index in [9.17, 15) is 27.6 Å². The molecule has 10 heteroatoms. The third-order valence-corrected chi connectivity index (χ3v) is 5.94. The number of anilines is 1. The Balaban J connectivity index is 1.46. The summed E-state index contributed by atoms with van der Waals surface area (Å²) < 4.78 is 39.3. The molecular weight excluding hydrogens is 461 g/mol. The molecule has 2 aromatic rings. The fourth-order valence-corrected chi connectivity index (χ4v) is 3.82. The molecule has 0 spiro atoms. The number of carbonyl (C=O) groups is 3. The van der Waals surface area contributed by atoms with Crippen molar-refractivity contribution in [1.29, 1.82) is 0 Å². The molecule has 188 valence electrons. The SMILES string of the molecule is CCc1ccc(C(=O)N2CCN(CC(=O)N(C)CC(=O)Nc3ccccc3C(F)(F)F)CC2)cc1. The summed E-state index contributed by atoms with van der Waals surface area (Å²) in [7, 11) is 1.43. The van der Waals surface area contributed by atoms with Crippen LogP contribution >= 0.6 is 0 Å². The Morgan fingerprint density at radius 2 is 1.60 bits per heavy atom. The average Bonchev–Trinajstić information content (AvgIpc) is 2.83. The van der Waals surface area contributed by atoms with Crippen LogP contribution in [-0.2, 0) is 22.2 Å². The molecule has 0 aliphatic carbocycles. The van der Waals surface area contributed by atoms with Gasteiger partial charge >= 0.3 is 6.18 Å². The van der Waals surface area contributed by atoms with E-state index < -0.39 is 17.6 Å². The molecule has 0 radical (unpaired) electrons. The minimum atomic E-state index is -4.60. The van der Waals surface area contributed by atoms with Crippen LogP contribution in [0.3, 0.4) is 0 Å². The zero-order chi connectivity index (χ0) is 25.6. The predicted octanol–water partition coefficient (Wildman–Crippen LogP) is 3.12. The van der Waals surface area contributed by atoms with Gasteiger partial charge in [-0.15, -0.1) is 0 Å². The average molecular weight is 491 g/mol. The van der Waals surface area contributed by atoms with Gasteiger partial charge in [-0.2, -0.15) is 13.2 Å². The van der Waals surface area contributed by atoms with Gasteiger partial charge in [0.25, 0.3) is 5.91 Å². The van der Waals surface area contributed by atoms with Crippen LogP contribution in [0.5, 0.6) is 0 Å². The van der Waals surface area contributed by atoms with Crippen LogP contribution in [0.2, 0.25) is 0 Å². The highest BCUT2D eigenvalue weighted by Gasteiger charge is 2.33. The molecule has 3 amide bonds. The second-order valence-corrected chi connectivity index (χ2v) is 8.46. The molecule has 1 saturated heterocycles. The Labute approximate surface area is 202 Å². The van der Waals surface area contributed by atoms with Gasteiger partial charge < -0.3 is 15.1 Å². The molecule has 1 heterocycles. The van der Waals surface area contributed by atoms with Gasteiger partial charge in [0.05, 0.1) is 24.3 Å². The van der Waals surface area contributed by atoms with Crippen molar-refractivity contribution in [3.63, 3.8) is 0 Å². The van der Waals surface area contributed by atoms with Gasteiger partial charge in [0.2, 0.25) is 11.8 Å². The third-order valence-electron chi connectivity index (χ3n) is 5.94. The molecule has 1 aliphatic rings. The number of likely N-dealkylation sites (N-methyl/N-ethyl adjacent to an activating group) is 1. The summed E-state index contributed by atoms with van der Waals surface area (Å²) in [5, 5.41) is 2.24. The zero-order valence-corrected chi connectivity index (χ0v) is 19.8. The first-order valence-corrected chi connectivity index (χ1v) is 11.4. The number of carbonyl (C=O) groups excluding carboxylic acids is 3. The lowest BCUT2D eigenvalue weighted by molar-refractivity contribution is -0.137. The van der Waals surface area contributed by atoms with Gasteiger partial charge in [-0.3, -0.25) is 19.3 Å². The standard InChI is InChI=1S/C25H29F3N4O3/c1-3-18-8-10-19(11-9-18)24(35)32-14-12-31(13-15-32)17-23(34)30(2)16-22(33)29-21-7-5-4-6-20(21)25(26,27)28/h4-11H,3,12-17H2,1-2H3,(H,29,33). The van der Waals surface area contributed by atoms with Gasteiger partial charge in [0.1, 0.15) is 0 Å². The molecule has 35 heavy (non-hydrogen) atoms. The Hall–Kier alpha value is -3.40. The number of para-hydroxylation sites is 1.